The van der Waals surface area contributed by atoms with E-state index in [4.69, 9.17) is 0 Å². The summed E-state index contributed by atoms with van der Waals surface area (Å²) in [6, 6.07) is 7.70. The number of nitrogens with zero attached hydrogens (tertiary/aromatic N) is 1. The van der Waals surface area contributed by atoms with Crippen LogP contribution in [0.5, 0.6) is 0 Å². The lowest BCUT2D eigenvalue weighted by Crippen LogP contribution is -2.33. The number of carbonyl (C=O) groups is 1. The highest BCUT2D eigenvalue weighted by Gasteiger charge is 2.14. The average Bonchev–Trinajstić information content (AvgIpc) is 2.54. The van der Waals surface area contributed by atoms with Gasteiger partial charge in [-0.3, -0.25) is 4.98 Å². The summed E-state index contributed by atoms with van der Waals surface area (Å²) >= 11 is 0. The highest BCUT2D eigenvalue weighted by atomic mass is 16.2. The van der Waals surface area contributed by atoms with Crippen molar-refractivity contribution in [2.45, 2.75) is 32.1 Å². The number of rotatable bonds is 3. The largest absolute Gasteiger partial charge is 0.338 e. The fraction of sp³-hybridized carbons (Fsp3) is 0.412. The zero-order valence-corrected chi connectivity index (χ0v) is 12.1. The molecule has 0 unspecified atom stereocenters. The first kappa shape index (κ1) is 13.9. The van der Waals surface area contributed by atoms with Crippen molar-refractivity contribution in [1.82, 2.24) is 10.3 Å². The first-order chi connectivity index (χ1) is 10.3. The van der Waals surface area contributed by atoms with E-state index in [1.807, 2.05) is 24.3 Å². The van der Waals surface area contributed by atoms with Gasteiger partial charge in [0.2, 0.25) is 0 Å². The Balaban J connectivity index is 1.55. The van der Waals surface area contributed by atoms with E-state index >= 15 is 0 Å². The van der Waals surface area contributed by atoms with Gasteiger partial charge in [-0.25, -0.2) is 4.79 Å². The standard InChI is InChI=1S/C17H21N3O/c21-17(19-11-13-4-2-1-3-5-13)20-16-7-6-14-8-9-18-12-15(14)10-16/h6-10,12-13H,1-5,11H2,(H2,19,20,21). The molecule has 1 aliphatic rings. The molecule has 4 nitrogen and oxygen atoms in total. The SMILES string of the molecule is O=C(NCC1CCCCC1)Nc1ccc2ccncc2c1. The van der Waals surface area contributed by atoms with Crippen molar-refractivity contribution < 1.29 is 4.79 Å². The number of nitrogens with one attached hydrogen (secondary N) is 2. The maximum Gasteiger partial charge on any atom is 0.319 e. The van der Waals surface area contributed by atoms with Gasteiger partial charge in [-0.15, -0.1) is 0 Å². The monoisotopic (exact) mass is 283 g/mol. The van der Waals surface area contributed by atoms with Crippen molar-refractivity contribution in [2.75, 3.05) is 11.9 Å². The molecule has 0 saturated heterocycles. The minimum atomic E-state index is -0.121. The molecule has 1 fully saturated rings. The third kappa shape index (κ3) is 3.72. The number of pyridine rings is 1. The molecule has 0 bridgehead atoms. The van der Waals surface area contributed by atoms with E-state index in [1.165, 1.54) is 32.1 Å². The second-order valence-corrected chi connectivity index (χ2v) is 5.78. The Kier molecular flexibility index (Phi) is 4.34. The van der Waals surface area contributed by atoms with Gasteiger partial charge in [-0.1, -0.05) is 25.3 Å². The van der Waals surface area contributed by atoms with Crippen molar-refractivity contribution in [3.63, 3.8) is 0 Å². The predicted molar refractivity (Wildman–Crippen MR) is 85.3 cm³/mol. The van der Waals surface area contributed by atoms with Crippen LogP contribution in [0.2, 0.25) is 0 Å². The minimum Gasteiger partial charge on any atom is -0.338 e. The molecule has 110 valence electrons. The Morgan fingerprint density at radius 2 is 2.00 bits per heavy atom. The lowest BCUT2D eigenvalue weighted by molar-refractivity contribution is 0.247. The summed E-state index contributed by atoms with van der Waals surface area (Å²) < 4.78 is 0. The average molecular weight is 283 g/mol. The highest BCUT2D eigenvalue weighted by Crippen LogP contribution is 2.23. The first-order valence-electron chi connectivity index (χ1n) is 7.70. The van der Waals surface area contributed by atoms with Crippen LogP contribution in [0.4, 0.5) is 10.5 Å². The molecule has 1 aliphatic carbocycles. The third-order valence-corrected chi connectivity index (χ3v) is 4.17. The van der Waals surface area contributed by atoms with Crippen molar-refractivity contribution >= 4 is 22.5 Å². The Labute approximate surface area is 125 Å². The van der Waals surface area contributed by atoms with Gasteiger partial charge in [0.15, 0.2) is 0 Å². The predicted octanol–water partition coefficient (Wildman–Crippen LogP) is 3.94. The number of urea groups is 1. The van der Waals surface area contributed by atoms with Crippen LogP contribution >= 0.6 is 0 Å². The number of hydrogen-bond donors (Lipinski definition) is 2. The van der Waals surface area contributed by atoms with E-state index in [9.17, 15) is 4.79 Å². The summed E-state index contributed by atoms with van der Waals surface area (Å²) in [7, 11) is 0. The van der Waals surface area contributed by atoms with E-state index < -0.39 is 0 Å². The van der Waals surface area contributed by atoms with Crippen molar-refractivity contribution in [1.29, 1.82) is 0 Å². The van der Waals surface area contributed by atoms with E-state index in [-0.39, 0.29) is 6.03 Å². The topological polar surface area (TPSA) is 54.0 Å². The molecular weight excluding hydrogens is 262 g/mol. The van der Waals surface area contributed by atoms with Gasteiger partial charge in [0.25, 0.3) is 0 Å². The molecule has 0 aliphatic heterocycles. The van der Waals surface area contributed by atoms with Gasteiger partial charge in [-0.05, 0) is 42.3 Å². The molecule has 0 spiro atoms. The third-order valence-electron chi connectivity index (χ3n) is 4.17. The lowest BCUT2D eigenvalue weighted by Gasteiger charge is -2.21. The maximum atomic E-state index is 12.0. The first-order valence-corrected chi connectivity index (χ1v) is 7.70. The molecule has 2 N–H and O–H groups in total. The zero-order chi connectivity index (χ0) is 14.5. The van der Waals surface area contributed by atoms with Crippen molar-refractivity contribution in [3.05, 3.63) is 36.7 Å². The van der Waals surface area contributed by atoms with E-state index in [2.05, 4.69) is 15.6 Å². The number of fused-ring (bicyclic) bond motifs is 1. The van der Waals surface area contributed by atoms with Crippen LogP contribution in [0.1, 0.15) is 32.1 Å². The fourth-order valence-electron chi connectivity index (χ4n) is 2.97. The Hall–Kier alpha value is -2.10. The summed E-state index contributed by atoms with van der Waals surface area (Å²) in [5.74, 6) is 0.644. The number of carbonyl (C=O) groups excluding carboxylic acids is 1. The molecule has 1 aromatic carbocycles. The second kappa shape index (κ2) is 6.57. The van der Waals surface area contributed by atoms with E-state index in [0.29, 0.717) is 5.92 Å². The highest BCUT2D eigenvalue weighted by molar-refractivity contribution is 5.93. The number of hydrogen-bond acceptors (Lipinski definition) is 2. The van der Waals surface area contributed by atoms with E-state index in [1.54, 1.807) is 12.4 Å². The molecule has 4 heteroatoms. The summed E-state index contributed by atoms with van der Waals surface area (Å²) in [6.45, 7) is 0.779. The molecule has 2 aromatic rings. The van der Waals surface area contributed by atoms with Gasteiger partial charge < -0.3 is 10.6 Å². The fourth-order valence-corrected chi connectivity index (χ4v) is 2.97. The van der Waals surface area contributed by atoms with Gasteiger partial charge in [0, 0.05) is 30.0 Å². The van der Waals surface area contributed by atoms with Crippen LogP contribution in [0.25, 0.3) is 10.8 Å². The van der Waals surface area contributed by atoms with Crippen LogP contribution in [0.3, 0.4) is 0 Å². The molecule has 1 saturated carbocycles. The Morgan fingerprint density at radius 3 is 2.86 bits per heavy atom. The summed E-state index contributed by atoms with van der Waals surface area (Å²) in [5.41, 5.74) is 0.802. The maximum absolute atomic E-state index is 12.0. The van der Waals surface area contributed by atoms with E-state index in [0.717, 1.165) is 23.0 Å². The molecule has 1 aromatic heterocycles. The summed E-state index contributed by atoms with van der Waals surface area (Å²) in [4.78, 5) is 16.1. The van der Waals surface area contributed by atoms with Crippen LogP contribution in [0.15, 0.2) is 36.7 Å². The molecule has 1 heterocycles. The van der Waals surface area contributed by atoms with Crippen LogP contribution in [-0.4, -0.2) is 17.6 Å². The summed E-state index contributed by atoms with van der Waals surface area (Å²) in [5, 5.41) is 8.03. The molecular formula is C17H21N3O. The number of aromatic nitrogens is 1. The minimum absolute atomic E-state index is 0.121. The van der Waals surface area contributed by atoms with Crippen molar-refractivity contribution in [3.8, 4) is 0 Å². The van der Waals surface area contributed by atoms with Crippen molar-refractivity contribution in [2.24, 2.45) is 5.92 Å². The van der Waals surface area contributed by atoms with Crippen LogP contribution < -0.4 is 10.6 Å². The smallest absolute Gasteiger partial charge is 0.319 e. The Morgan fingerprint density at radius 1 is 1.14 bits per heavy atom. The lowest BCUT2D eigenvalue weighted by atomic mass is 9.89. The van der Waals surface area contributed by atoms with Crippen LogP contribution in [-0.2, 0) is 0 Å². The quantitative estimate of drug-likeness (QED) is 0.896. The van der Waals surface area contributed by atoms with Gasteiger partial charge in [0.1, 0.15) is 0 Å². The summed E-state index contributed by atoms with van der Waals surface area (Å²) in [6.07, 6.45) is 9.99. The molecule has 0 atom stereocenters. The molecule has 21 heavy (non-hydrogen) atoms. The van der Waals surface area contributed by atoms with Gasteiger partial charge in [0.05, 0.1) is 0 Å². The normalized spacial score (nSPS) is 15.8. The number of anilines is 1. The second-order valence-electron chi connectivity index (χ2n) is 5.78. The number of benzene rings is 1. The number of amides is 2. The van der Waals surface area contributed by atoms with Gasteiger partial charge >= 0.3 is 6.03 Å². The Bertz CT molecular complexity index is 620. The van der Waals surface area contributed by atoms with Gasteiger partial charge in [-0.2, -0.15) is 0 Å². The molecule has 3 rings (SSSR count). The molecule has 2 amide bonds. The zero-order valence-electron chi connectivity index (χ0n) is 12.1. The van der Waals surface area contributed by atoms with Crippen LogP contribution in [0, 0.1) is 5.92 Å². The molecule has 0 radical (unpaired) electrons.